The lowest BCUT2D eigenvalue weighted by Crippen LogP contribution is -2.52. The molecule has 37 heavy (non-hydrogen) atoms. The highest BCUT2D eigenvalue weighted by molar-refractivity contribution is 6.27. The van der Waals surface area contributed by atoms with Gasteiger partial charge in [-0.3, -0.25) is 14.7 Å². The number of carbonyl (C=O) groups is 2. The fraction of sp³-hybridized carbons (Fsp3) is 0.481. The molecule has 202 valence electrons. The van der Waals surface area contributed by atoms with Crippen molar-refractivity contribution in [2.45, 2.75) is 32.0 Å². The minimum Gasteiger partial charge on any atom is -0.502 e. The molecule has 2 aliphatic heterocycles. The summed E-state index contributed by atoms with van der Waals surface area (Å²) in [7, 11) is 3.14. The summed E-state index contributed by atoms with van der Waals surface area (Å²) in [6.45, 7) is 8.66. The van der Waals surface area contributed by atoms with E-state index in [1.807, 2.05) is 12.1 Å². The second kappa shape index (κ2) is 13.8. The summed E-state index contributed by atoms with van der Waals surface area (Å²) in [5.74, 6) is -2.65. The number of carboxylic acid groups (broad SMARTS) is 2. The second-order valence-electron chi connectivity index (χ2n) is 9.26. The number of carboxylic acids is 2. The van der Waals surface area contributed by atoms with Gasteiger partial charge in [0, 0.05) is 45.3 Å². The fourth-order valence-corrected chi connectivity index (χ4v) is 4.87. The molecule has 2 aromatic rings. The van der Waals surface area contributed by atoms with E-state index in [0.717, 1.165) is 44.8 Å². The van der Waals surface area contributed by atoms with Crippen molar-refractivity contribution in [1.82, 2.24) is 14.7 Å². The zero-order chi connectivity index (χ0) is 26.8. The molecule has 0 saturated carbocycles. The molecule has 4 rings (SSSR count). The highest BCUT2D eigenvalue weighted by Gasteiger charge is 2.27. The number of piperidine rings is 1. The third-order valence-corrected chi connectivity index (χ3v) is 6.86. The normalized spacial score (nSPS) is 17.5. The number of methoxy groups -OCH3 is 2. The van der Waals surface area contributed by atoms with Crippen molar-refractivity contribution in [2.24, 2.45) is 0 Å². The van der Waals surface area contributed by atoms with Crippen LogP contribution >= 0.6 is 0 Å². The Balaban J connectivity index is 0.000000568. The van der Waals surface area contributed by atoms with Gasteiger partial charge in [-0.2, -0.15) is 0 Å². The monoisotopic (exact) mass is 515 g/mol. The molecule has 0 aromatic heterocycles. The first-order valence-corrected chi connectivity index (χ1v) is 12.4. The molecular formula is C27H37N3O7. The van der Waals surface area contributed by atoms with Gasteiger partial charge < -0.3 is 24.8 Å². The first-order valence-electron chi connectivity index (χ1n) is 12.4. The molecule has 2 aliphatic rings. The first-order chi connectivity index (χ1) is 17.8. The average Bonchev–Trinajstić information content (AvgIpc) is 2.91. The fourth-order valence-electron chi connectivity index (χ4n) is 4.87. The van der Waals surface area contributed by atoms with Crippen molar-refractivity contribution >= 4 is 11.9 Å². The van der Waals surface area contributed by atoms with Gasteiger partial charge in [0.2, 0.25) is 5.75 Å². The summed E-state index contributed by atoms with van der Waals surface area (Å²) in [6.07, 6.45) is 2.53. The van der Waals surface area contributed by atoms with Gasteiger partial charge in [0.1, 0.15) is 0 Å². The SMILES string of the molecule is COc1cc(CN2CCN(C3CCN(Cc4ccccc4)CC3)CC2)cc(OC)c1O.O=C(O)C(=O)O. The predicted molar refractivity (Wildman–Crippen MR) is 138 cm³/mol. The Morgan fingerprint density at radius 3 is 1.76 bits per heavy atom. The van der Waals surface area contributed by atoms with Gasteiger partial charge in [-0.05, 0) is 49.2 Å². The van der Waals surface area contributed by atoms with Crippen molar-refractivity contribution in [1.29, 1.82) is 0 Å². The van der Waals surface area contributed by atoms with E-state index in [0.29, 0.717) is 17.5 Å². The Morgan fingerprint density at radius 1 is 0.784 bits per heavy atom. The van der Waals surface area contributed by atoms with Crippen LogP contribution in [0.5, 0.6) is 17.2 Å². The highest BCUT2D eigenvalue weighted by atomic mass is 16.5. The number of hydrogen-bond donors (Lipinski definition) is 3. The summed E-state index contributed by atoms with van der Waals surface area (Å²) in [6, 6.07) is 15.3. The van der Waals surface area contributed by atoms with Crippen LogP contribution in [0.1, 0.15) is 24.0 Å². The second-order valence-corrected chi connectivity index (χ2v) is 9.26. The molecule has 0 radical (unpaired) electrons. The Morgan fingerprint density at radius 2 is 1.27 bits per heavy atom. The zero-order valence-electron chi connectivity index (χ0n) is 21.5. The van der Waals surface area contributed by atoms with Crippen LogP contribution in [-0.2, 0) is 22.7 Å². The van der Waals surface area contributed by atoms with Crippen LogP contribution in [0.4, 0.5) is 0 Å². The molecule has 10 heteroatoms. The third kappa shape index (κ3) is 8.34. The van der Waals surface area contributed by atoms with Crippen LogP contribution in [0.2, 0.25) is 0 Å². The summed E-state index contributed by atoms with van der Waals surface area (Å²) in [5.41, 5.74) is 2.52. The van der Waals surface area contributed by atoms with Crippen molar-refractivity contribution in [3.63, 3.8) is 0 Å². The summed E-state index contributed by atoms with van der Waals surface area (Å²) in [4.78, 5) is 26.0. The van der Waals surface area contributed by atoms with E-state index in [9.17, 15) is 5.11 Å². The molecule has 2 fully saturated rings. The number of phenols is 1. The number of benzene rings is 2. The number of aromatic hydroxyl groups is 1. The smallest absolute Gasteiger partial charge is 0.414 e. The number of ether oxygens (including phenoxy) is 2. The molecule has 0 unspecified atom stereocenters. The van der Waals surface area contributed by atoms with Gasteiger partial charge in [0.05, 0.1) is 14.2 Å². The molecule has 0 aliphatic carbocycles. The number of aliphatic carboxylic acids is 2. The number of piperazine rings is 1. The van der Waals surface area contributed by atoms with Crippen LogP contribution in [0.15, 0.2) is 42.5 Å². The molecule has 2 saturated heterocycles. The van der Waals surface area contributed by atoms with Crippen molar-refractivity contribution in [3.8, 4) is 17.2 Å². The summed E-state index contributed by atoms with van der Waals surface area (Å²) < 4.78 is 10.6. The quantitative estimate of drug-likeness (QED) is 0.474. The molecule has 0 bridgehead atoms. The van der Waals surface area contributed by atoms with E-state index in [2.05, 4.69) is 45.0 Å². The molecule has 3 N–H and O–H groups in total. The molecule has 2 heterocycles. The van der Waals surface area contributed by atoms with Gasteiger partial charge in [0.25, 0.3) is 0 Å². The number of likely N-dealkylation sites (tertiary alicyclic amines) is 1. The summed E-state index contributed by atoms with van der Waals surface area (Å²) >= 11 is 0. The van der Waals surface area contributed by atoms with E-state index < -0.39 is 11.9 Å². The van der Waals surface area contributed by atoms with Gasteiger partial charge >= 0.3 is 11.9 Å². The lowest BCUT2D eigenvalue weighted by molar-refractivity contribution is -0.159. The number of phenolic OH excluding ortho intramolecular Hbond substituents is 1. The van der Waals surface area contributed by atoms with Gasteiger partial charge in [0.15, 0.2) is 11.5 Å². The Hall–Kier alpha value is -3.34. The van der Waals surface area contributed by atoms with E-state index in [1.165, 1.54) is 31.5 Å². The molecule has 0 spiro atoms. The lowest BCUT2D eigenvalue weighted by atomic mass is 10.0. The topological polar surface area (TPSA) is 123 Å². The standard InChI is InChI=1S/C25H35N3O3.C2H2O4/c1-30-23-16-21(17-24(31-2)25(23)29)19-27-12-14-28(15-13-27)22-8-10-26(11-9-22)18-20-6-4-3-5-7-20;3-1(4)2(5)6/h3-7,16-17,22,29H,8-15,18-19H2,1-2H3;(H,3,4)(H,5,6). The highest BCUT2D eigenvalue weighted by Crippen LogP contribution is 2.37. The maximum absolute atomic E-state index is 10.1. The Labute approximate surface area is 217 Å². The minimum absolute atomic E-state index is 0.0668. The summed E-state index contributed by atoms with van der Waals surface area (Å²) in [5, 5.41) is 24.9. The average molecular weight is 516 g/mol. The van der Waals surface area contributed by atoms with Crippen LogP contribution in [-0.4, -0.2) is 101 Å². The molecule has 2 aromatic carbocycles. The molecule has 10 nitrogen and oxygen atoms in total. The first kappa shape index (κ1) is 28.2. The van der Waals surface area contributed by atoms with Gasteiger partial charge in [-0.1, -0.05) is 30.3 Å². The van der Waals surface area contributed by atoms with E-state index in [1.54, 1.807) is 14.2 Å². The van der Waals surface area contributed by atoms with E-state index in [-0.39, 0.29) is 5.75 Å². The minimum atomic E-state index is -1.82. The number of hydrogen-bond acceptors (Lipinski definition) is 8. The molecule has 0 amide bonds. The lowest BCUT2D eigenvalue weighted by Gasteiger charge is -2.43. The van der Waals surface area contributed by atoms with E-state index in [4.69, 9.17) is 29.3 Å². The van der Waals surface area contributed by atoms with Gasteiger partial charge in [-0.25, -0.2) is 9.59 Å². The van der Waals surface area contributed by atoms with Crippen molar-refractivity contribution < 1.29 is 34.4 Å². The Bertz CT molecular complexity index is 981. The largest absolute Gasteiger partial charge is 0.502 e. The molecule has 0 atom stereocenters. The Kier molecular flexibility index (Phi) is 10.6. The van der Waals surface area contributed by atoms with Crippen molar-refractivity contribution in [2.75, 3.05) is 53.5 Å². The number of rotatable bonds is 7. The zero-order valence-corrected chi connectivity index (χ0v) is 21.5. The van der Waals surface area contributed by atoms with Crippen LogP contribution < -0.4 is 9.47 Å². The van der Waals surface area contributed by atoms with Crippen molar-refractivity contribution in [3.05, 3.63) is 53.6 Å². The van der Waals surface area contributed by atoms with E-state index >= 15 is 0 Å². The van der Waals surface area contributed by atoms with Crippen LogP contribution in [0, 0.1) is 0 Å². The predicted octanol–water partition coefficient (Wildman–Crippen LogP) is 2.35. The number of nitrogens with zero attached hydrogens (tertiary/aromatic N) is 3. The van der Waals surface area contributed by atoms with Gasteiger partial charge in [-0.15, -0.1) is 0 Å². The molecular weight excluding hydrogens is 478 g/mol. The third-order valence-electron chi connectivity index (χ3n) is 6.86. The maximum atomic E-state index is 10.1. The van der Waals surface area contributed by atoms with Crippen LogP contribution in [0.3, 0.4) is 0 Å². The maximum Gasteiger partial charge on any atom is 0.414 e. The van der Waals surface area contributed by atoms with Crippen LogP contribution in [0.25, 0.3) is 0 Å².